The highest BCUT2D eigenvalue weighted by Gasteiger charge is 2.13. The smallest absolute Gasteiger partial charge is 0.111 e. The van der Waals surface area contributed by atoms with Gasteiger partial charge in [0.05, 0.1) is 6.20 Å². The van der Waals surface area contributed by atoms with Crippen LogP contribution in [0.3, 0.4) is 0 Å². The van der Waals surface area contributed by atoms with Crippen molar-refractivity contribution in [3.05, 3.63) is 76.4 Å². The van der Waals surface area contributed by atoms with Crippen molar-refractivity contribution in [2.24, 2.45) is 0 Å². The maximum absolute atomic E-state index is 6.14. The summed E-state index contributed by atoms with van der Waals surface area (Å²) in [5.41, 5.74) is 4.30. The molecule has 0 N–H and O–H groups in total. The van der Waals surface area contributed by atoms with Crippen LogP contribution in [0.2, 0.25) is 10.0 Å². The molecule has 0 atom stereocenters. The summed E-state index contributed by atoms with van der Waals surface area (Å²) in [4.78, 5) is 0. The van der Waals surface area contributed by atoms with Crippen molar-refractivity contribution in [2.75, 3.05) is 13.6 Å². The Bertz CT molecular complexity index is 1030. The van der Waals surface area contributed by atoms with E-state index in [0.29, 0.717) is 10.0 Å². The summed E-state index contributed by atoms with van der Waals surface area (Å²) in [5, 5.41) is 7.10. The summed E-state index contributed by atoms with van der Waals surface area (Å²) >= 11 is 12.2. The minimum atomic E-state index is 0.711. The van der Waals surface area contributed by atoms with Crippen molar-refractivity contribution in [3.8, 4) is 22.3 Å². The normalized spacial score (nSPS) is 11.8. The van der Waals surface area contributed by atoms with E-state index in [4.69, 9.17) is 23.2 Å². The third kappa shape index (κ3) is 4.74. The van der Waals surface area contributed by atoms with Crippen LogP contribution in [0.1, 0.15) is 13.3 Å². The first-order valence-electron chi connectivity index (χ1n) is 9.05. The highest BCUT2D eigenvalue weighted by atomic mass is 35.5. The van der Waals surface area contributed by atoms with Crippen molar-refractivity contribution in [3.63, 3.8) is 0 Å². The van der Waals surface area contributed by atoms with E-state index in [1.54, 1.807) is 6.20 Å². The third-order valence-corrected chi connectivity index (χ3v) is 5.96. The average Bonchev–Trinajstić information content (AvgIpc) is 2.69. The van der Waals surface area contributed by atoms with Gasteiger partial charge >= 0.3 is 0 Å². The fraction of sp³-hybridized carbons (Fsp3) is 0.182. The van der Waals surface area contributed by atoms with Crippen LogP contribution < -0.4 is 0 Å². The van der Waals surface area contributed by atoms with Crippen LogP contribution >= 0.6 is 31.6 Å². The zero-order valence-electron chi connectivity index (χ0n) is 15.9. The molecule has 3 nitrogen and oxygen atoms in total. The molecule has 2 aromatic carbocycles. The lowest BCUT2D eigenvalue weighted by Crippen LogP contribution is -2.08. The van der Waals surface area contributed by atoms with Gasteiger partial charge in [0, 0.05) is 42.3 Å². The van der Waals surface area contributed by atoms with Gasteiger partial charge in [0.2, 0.25) is 0 Å². The van der Waals surface area contributed by atoms with Gasteiger partial charge in [-0.25, -0.2) is 4.68 Å². The molecule has 6 heteroatoms. The van der Waals surface area contributed by atoms with E-state index in [-0.39, 0.29) is 0 Å². The van der Waals surface area contributed by atoms with Crippen LogP contribution in [-0.2, 0) is 0 Å². The van der Waals surface area contributed by atoms with Crippen molar-refractivity contribution < 1.29 is 0 Å². The SMILES string of the molecule is C=Cn1ncc(-c2ccc(Cl)cc2)c(-c2ccc(Cl)cc2)c1=PN(C)CCC. The molecule has 0 amide bonds. The first-order chi connectivity index (χ1) is 13.5. The zero-order chi connectivity index (χ0) is 20.1. The van der Waals surface area contributed by atoms with Crippen LogP contribution in [0.4, 0.5) is 0 Å². The Balaban J connectivity index is 2.35. The van der Waals surface area contributed by atoms with Crippen LogP contribution in [0, 0.1) is 5.07 Å². The van der Waals surface area contributed by atoms with Gasteiger partial charge in [0.15, 0.2) is 0 Å². The highest BCUT2D eigenvalue weighted by molar-refractivity contribution is 7.26. The second-order valence-electron chi connectivity index (χ2n) is 6.38. The number of aromatic nitrogens is 2. The molecule has 0 radical (unpaired) electrons. The molecule has 0 aliphatic carbocycles. The monoisotopic (exact) mass is 429 g/mol. The van der Waals surface area contributed by atoms with Crippen molar-refractivity contribution in [2.45, 2.75) is 13.3 Å². The van der Waals surface area contributed by atoms with Gasteiger partial charge in [-0.2, -0.15) is 5.10 Å². The van der Waals surface area contributed by atoms with Crippen LogP contribution in [0.25, 0.3) is 28.5 Å². The van der Waals surface area contributed by atoms with E-state index in [0.717, 1.165) is 48.6 Å². The molecule has 1 aromatic heterocycles. The summed E-state index contributed by atoms with van der Waals surface area (Å²) in [5.74, 6) is 0. The van der Waals surface area contributed by atoms with Crippen LogP contribution in [0.15, 0.2) is 61.3 Å². The van der Waals surface area contributed by atoms with E-state index in [1.165, 1.54) is 0 Å². The minimum absolute atomic E-state index is 0.711. The van der Waals surface area contributed by atoms with Gasteiger partial charge in [0.1, 0.15) is 5.07 Å². The molecule has 0 spiro atoms. The summed E-state index contributed by atoms with van der Waals surface area (Å²) in [7, 11) is 3.17. The minimum Gasteiger partial charge on any atom is -0.259 e. The van der Waals surface area contributed by atoms with Gasteiger partial charge in [0.25, 0.3) is 0 Å². The van der Waals surface area contributed by atoms with Gasteiger partial charge in [-0.3, -0.25) is 4.67 Å². The van der Waals surface area contributed by atoms with Crippen molar-refractivity contribution >= 4 is 37.8 Å². The maximum atomic E-state index is 6.14. The Morgan fingerprint density at radius 1 is 1.04 bits per heavy atom. The maximum Gasteiger partial charge on any atom is 0.111 e. The molecule has 0 unspecified atom stereocenters. The first kappa shape index (κ1) is 20.8. The van der Waals surface area contributed by atoms with Gasteiger partial charge in [-0.15, -0.1) is 0 Å². The second kappa shape index (κ2) is 9.54. The van der Waals surface area contributed by atoms with E-state index >= 15 is 0 Å². The first-order valence-corrected chi connectivity index (χ1v) is 10.7. The molecule has 0 saturated heterocycles. The zero-order valence-corrected chi connectivity index (χ0v) is 18.3. The fourth-order valence-corrected chi connectivity index (χ4v) is 4.44. The molecule has 0 saturated carbocycles. The Morgan fingerprint density at radius 3 is 2.14 bits per heavy atom. The quantitative estimate of drug-likeness (QED) is 0.381. The molecule has 0 bridgehead atoms. The summed E-state index contributed by atoms with van der Waals surface area (Å²) < 4.78 is 4.11. The van der Waals surface area contributed by atoms with Crippen LogP contribution in [-0.4, -0.2) is 28.0 Å². The summed E-state index contributed by atoms with van der Waals surface area (Å²) in [6.07, 6.45) is 4.71. The molecule has 0 aliphatic heterocycles. The van der Waals surface area contributed by atoms with Crippen molar-refractivity contribution in [1.82, 2.24) is 14.5 Å². The second-order valence-corrected chi connectivity index (χ2v) is 8.56. The standard InChI is InChI=1S/C22H22Cl2N3P/c1-4-14-26(3)28-22-21(17-8-12-19(24)13-9-17)20(15-25-27(22)5-2)16-6-10-18(23)11-7-16/h5-13,15H,2,4,14H2,1,3H3. The Kier molecular flexibility index (Phi) is 7.09. The van der Waals surface area contributed by atoms with E-state index in [9.17, 15) is 0 Å². The Labute approximate surface area is 177 Å². The number of hydrogen-bond donors (Lipinski definition) is 0. The number of rotatable bonds is 6. The average molecular weight is 430 g/mol. The molecule has 0 fully saturated rings. The summed E-state index contributed by atoms with van der Waals surface area (Å²) in [6.45, 7) is 7.11. The molecule has 1 heterocycles. The Morgan fingerprint density at radius 2 is 1.61 bits per heavy atom. The van der Waals surface area contributed by atoms with E-state index in [2.05, 4.69) is 30.3 Å². The molecular formula is C22H22Cl2N3P. The lowest BCUT2D eigenvalue weighted by Gasteiger charge is -2.16. The molecule has 28 heavy (non-hydrogen) atoms. The summed E-state index contributed by atoms with van der Waals surface area (Å²) in [6, 6.07) is 15.8. The molecule has 144 valence electrons. The number of nitrogens with zero attached hydrogens (tertiary/aromatic N) is 3. The lowest BCUT2D eigenvalue weighted by molar-refractivity contribution is 0.555. The molecule has 0 aliphatic rings. The number of halogens is 2. The molecule has 3 aromatic rings. The largest absolute Gasteiger partial charge is 0.259 e. The van der Waals surface area contributed by atoms with Gasteiger partial charge in [-0.1, -0.05) is 61.0 Å². The molecule has 3 rings (SSSR count). The number of hydrogen-bond acceptors (Lipinski definition) is 2. The topological polar surface area (TPSA) is 21.1 Å². The molecular weight excluding hydrogens is 408 g/mol. The number of benzene rings is 2. The van der Waals surface area contributed by atoms with Gasteiger partial charge in [-0.05, 0) is 48.9 Å². The Hall–Kier alpha value is -1.90. The van der Waals surface area contributed by atoms with Crippen molar-refractivity contribution in [1.29, 1.82) is 0 Å². The third-order valence-electron chi connectivity index (χ3n) is 4.29. The lowest BCUT2D eigenvalue weighted by atomic mass is 9.98. The predicted molar refractivity (Wildman–Crippen MR) is 123 cm³/mol. The van der Waals surface area contributed by atoms with Crippen LogP contribution in [0.5, 0.6) is 0 Å². The van der Waals surface area contributed by atoms with Gasteiger partial charge < -0.3 is 0 Å². The fourth-order valence-electron chi connectivity index (χ4n) is 2.99. The predicted octanol–water partition coefficient (Wildman–Crippen LogP) is 7.36. The van der Waals surface area contributed by atoms with E-state index < -0.39 is 0 Å². The highest BCUT2D eigenvalue weighted by Crippen LogP contribution is 2.35. The van der Waals surface area contributed by atoms with E-state index in [1.807, 2.05) is 59.4 Å².